The summed E-state index contributed by atoms with van der Waals surface area (Å²) in [6.07, 6.45) is 0. The monoisotopic (exact) mass is 180 g/mol. The van der Waals surface area contributed by atoms with E-state index in [9.17, 15) is 9.50 Å². The number of hydrogen-bond acceptors (Lipinski definition) is 3. The molecule has 0 spiro atoms. The molecular weight excluding hydrogens is 171 g/mol. The van der Waals surface area contributed by atoms with Crippen LogP contribution in [0.2, 0.25) is 0 Å². The Bertz CT molecular complexity index is 371. The van der Waals surface area contributed by atoms with E-state index >= 15 is 0 Å². The molecule has 0 radical (unpaired) electrons. The smallest absolute Gasteiger partial charge is 0.165 e. The molecule has 0 aliphatic carbocycles. The van der Waals surface area contributed by atoms with Crippen LogP contribution >= 0.6 is 0 Å². The van der Waals surface area contributed by atoms with E-state index in [2.05, 4.69) is 0 Å². The molecule has 1 aromatic rings. The Balaban J connectivity index is 3.30. The lowest BCUT2D eigenvalue weighted by molar-refractivity contribution is 0.424. The first-order valence-electron chi connectivity index (χ1n) is 3.70. The molecule has 1 rings (SSSR count). The third-order valence-electron chi connectivity index (χ3n) is 1.71. The van der Waals surface area contributed by atoms with E-state index in [1.165, 1.54) is 12.1 Å². The molecule has 3 nitrogen and oxygen atoms in total. The normalized spacial score (nSPS) is 12.2. The van der Waals surface area contributed by atoms with E-state index in [0.29, 0.717) is 5.56 Å². The van der Waals surface area contributed by atoms with Crippen molar-refractivity contribution in [3.8, 4) is 11.8 Å². The number of hydrogen-bond donors (Lipinski definition) is 2. The average molecular weight is 180 g/mol. The summed E-state index contributed by atoms with van der Waals surface area (Å²) >= 11 is 0. The molecule has 13 heavy (non-hydrogen) atoms. The molecule has 0 aliphatic rings. The van der Waals surface area contributed by atoms with Gasteiger partial charge in [0.05, 0.1) is 6.07 Å². The SMILES string of the molecule is Cc1cc(F)c(O)c([C@H](N)C#N)c1. The summed E-state index contributed by atoms with van der Waals surface area (Å²) < 4.78 is 12.9. The zero-order valence-corrected chi connectivity index (χ0v) is 7.08. The van der Waals surface area contributed by atoms with Crippen LogP contribution in [0, 0.1) is 24.1 Å². The lowest BCUT2D eigenvalue weighted by Crippen LogP contribution is -2.08. The van der Waals surface area contributed by atoms with Crippen molar-refractivity contribution in [1.29, 1.82) is 5.26 Å². The fourth-order valence-corrected chi connectivity index (χ4v) is 1.07. The Hall–Kier alpha value is -1.60. The minimum Gasteiger partial charge on any atom is -0.505 e. The molecule has 0 bridgehead atoms. The number of nitrogens with two attached hydrogens (primary N) is 1. The fraction of sp³-hybridized carbons (Fsp3) is 0.222. The maximum absolute atomic E-state index is 12.9. The second-order valence-corrected chi connectivity index (χ2v) is 2.79. The van der Waals surface area contributed by atoms with Gasteiger partial charge in [-0.1, -0.05) is 0 Å². The molecule has 0 saturated heterocycles. The number of nitriles is 1. The van der Waals surface area contributed by atoms with Crippen LogP contribution in [-0.4, -0.2) is 5.11 Å². The number of aromatic hydroxyl groups is 1. The topological polar surface area (TPSA) is 70.0 Å². The summed E-state index contributed by atoms with van der Waals surface area (Å²) in [5.74, 6) is -1.29. The summed E-state index contributed by atoms with van der Waals surface area (Å²) in [7, 11) is 0. The summed E-state index contributed by atoms with van der Waals surface area (Å²) in [6.45, 7) is 1.66. The highest BCUT2D eigenvalue weighted by Gasteiger charge is 2.14. The van der Waals surface area contributed by atoms with Crippen LogP contribution < -0.4 is 5.73 Å². The molecule has 1 aromatic carbocycles. The zero-order chi connectivity index (χ0) is 10.0. The van der Waals surface area contributed by atoms with Gasteiger partial charge in [-0.3, -0.25) is 0 Å². The van der Waals surface area contributed by atoms with Crippen molar-refractivity contribution >= 4 is 0 Å². The largest absolute Gasteiger partial charge is 0.505 e. The maximum Gasteiger partial charge on any atom is 0.165 e. The van der Waals surface area contributed by atoms with Crippen LogP contribution in [0.5, 0.6) is 5.75 Å². The number of phenols is 1. The van der Waals surface area contributed by atoms with Crippen LogP contribution in [0.4, 0.5) is 4.39 Å². The predicted octanol–water partition coefficient (Wildman–Crippen LogP) is 1.36. The summed E-state index contributed by atoms with van der Waals surface area (Å²) in [6, 6.07) is 3.41. The van der Waals surface area contributed by atoms with Gasteiger partial charge in [-0.2, -0.15) is 5.26 Å². The van der Waals surface area contributed by atoms with E-state index in [0.717, 1.165) is 0 Å². The zero-order valence-electron chi connectivity index (χ0n) is 7.08. The number of phenolic OH excluding ortho intramolecular Hbond substituents is 1. The van der Waals surface area contributed by atoms with Gasteiger partial charge in [0, 0.05) is 5.56 Å². The molecule has 0 fully saturated rings. The molecule has 0 aliphatic heterocycles. The van der Waals surface area contributed by atoms with Gasteiger partial charge >= 0.3 is 0 Å². The highest BCUT2D eigenvalue weighted by molar-refractivity contribution is 5.41. The van der Waals surface area contributed by atoms with Crippen molar-refractivity contribution < 1.29 is 9.50 Å². The number of aryl methyl sites for hydroxylation is 1. The molecular formula is C9H9FN2O. The van der Waals surface area contributed by atoms with Crippen LogP contribution in [0.25, 0.3) is 0 Å². The minimum absolute atomic E-state index is 0.125. The second kappa shape index (κ2) is 3.42. The van der Waals surface area contributed by atoms with E-state index in [1.54, 1.807) is 13.0 Å². The lowest BCUT2D eigenvalue weighted by atomic mass is 10.0. The maximum atomic E-state index is 12.9. The van der Waals surface area contributed by atoms with Gasteiger partial charge in [0.25, 0.3) is 0 Å². The van der Waals surface area contributed by atoms with Crippen molar-refractivity contribution in [1.82, 2.24) is 0 Å². The standard InChI is InChI=1S/C9H9FN2O/c1-5-2-6(8(12)4-11)9(13)7(10)3-5/h2-3,8,13H,12H2,1H3/t8-/m1/s1. The third-order valence-corrected chi connectivity index (χ3v) is 1.71. The van der Waals surface area contributed by atoms with Crippen molar-refractivity contribution in [2.45, 2.75) is 13.0 Å². The van der Waals surface area contributed by atoms with Crippen molar-refractivity contribution in [3.63, 3.8) is 0 Å². The Morgan fingerprint density at radius 3 is 2.77 bits per heavy atom. The Kier molecular flexibility index (Phi) is 2.49. The number of nitrogens with zero attached hydrogens (tertiary/aromatic N) is 1. The van der Waals surface area contributed by atoms with Gasteiger partial charge in [-0.25, -0.2) is 4.39 Å². The molecule has 0 unspecified atom stereocenters. The number of rotatable bonds is 1. The van der Waals surface area contributed by atoms with E-state index < -0.39 is 17.6 Å². The quantitative estimate of drug-likeness (QED) is 0.685. The van der Waals surface area contributed by atoms with Crippen molar-refractivity contribution in [3.05, 3.63) is 29.1 Å². The third kappa shape index (κ3) is 1.76. The first-order valence-corrected chi connectivity index (χ1v) is 3.70. The highest BCUT2D eigenvalue weighted by atomic mass is 19.1. The second-order valence-electron chi connectivity index (χ2n) is 2.79. The fourth-order valence-electron chi connectivity index (χ4n) is 1.07. The number of halogens is 1. The molecule has 4 heteroatoms. The van der Waals surface area contributed by atoms with Gasteiger partial charge in [-0.05, 0) is 24.6 Å². The average Bonchev–Trinajstić information content (AvgIpc) is 2.10. The van der Waals surface area contributed by atoms with E-state index in [-0.39, 0.29) is 5.56 Å². The molecule has 0 heterocycles. The van der Waals surface area contributed by atoms with E-state index in [4.69, 9.17) is 11.0 Å². The van der Waals surface area contributed by atoms with Gasteiger partial charge in [-0.15, -0.1) is 0 Å². The Morgan fingerprint density at radius 2 is 2.23 bits per heavy atom. The summed E-state index contributed by atoms with van der Waals surface area (Å²) in [5.41, 5.74) is 6.09. The molecule has 3 N–H and O–H groups in total. The van der Waals surface area contributed by atoms with Crippen LogP contribution in [0.15, 0.2) is 12.1 Å². The van der Waals surface area contributed by atoms with Gasteiger partial charge in [0.1, 0.15) is 6.04 Å². The van der Waals surface area contributed by atoms with Gasteiger partial charge < -0.3 is 10.8 Å². The molecule has 0 saturated carbocycles. The van der Waals surface area contributed by atoms with Gasteiger partial charge in [0.2, 0.25) is 0 Å². The van der Waals surface area contributed by atoms with Crippen molar-refractivity contribution in [2.75, 3.05) is 0 Å². The first kappa shape index (κ1) is 9.49. The molecule has 0 amide bonds. The lowest BCUT2D eigenvalue weighted by Gasteiger charge is -2.07. The Morgan fingerprint density at radius 1 is 1.62 bits per heavy atom. The van der Waals surface area contributed by atoms with E-state index in [1.807, 2.05) is 0 Å². The highest BCUT2D eigenvalue weighted by Crippen LogP contribution is 2.26. The van der Waals surface area contributed by atoms with Gasteiger partial charge in [0.15, 0.2) is 11.6 Å². The molecule has 68 valence electrons. The van der Waals surface area contributed by atoms with Crippen LogP contribution in [0.3, 0.4) is 0 Å². The molecule has 1 atom stereocenters. The van der Waals surface area contributed by atoms with Crippen LogP contribution in [-0.2, 0) is 0 Å². The first-order chi connectivity index (χ1) is 6.06. The summed E-state index contributed by atoms with van der Waals surface area (Å²) in [5, 5.41) is 17.7. The number of benzene rings is 1. The van der Waals surface area contributed by atoms with Crippen molar-refractivity contribution in [2.24, 2.45) is 5.73 Å². The molecule has 0 aromatic heterocycles. The summed E-state index contributed by atoms with van der Waals surface area (Å²) in [4.78, 5) is 0. The minimum atomic E-state index is -0.991. The Labute approximate surface area is 75.2 Å². The van der Waals surface area contributed by atoms with Crippen LogP contribution in [0.1, 0.15) is 17.2 Å². The predicted molar refractivity (Wildman–Crippen MR) is 45.3 cm³/mol.